The maximum atomic E-state index is 12.5. The Hall–Kier alpha value is -2.99. The molecule has 3 heterocycles. The molecule has 1 aliphatic heterocycles. The van der Waals surface area contributed by atoms with E-state index in [9.17, 15) is 4.79 Å². The zero-order chi connectivity index (χ0) is 19.1. The number of aryl methyl sites for hydroxylation is 1. The van der Waals surface area contributed by atoms with Gasteiger partial charge in [-0.05, 0) is 55.5 Å². The van der Waals surface area contributed by atoms with Crippen LogP contribution in [0.1, 0.15) is 24.0 Å². The molecule has 0 unspecified atom stereocenters. The summed E-state index contributed by atoms with van der Waals surface area (Å²) in [6, 6.07) is 9.47. The molecule has 3 aromatic rings. The van der Waals surface area contributed by atoms with E-state index in [2.05, 4.69) is 9.97 Å². The van der Waals surface area contributed by atoms with Crippen LogP contribution in [0.2, 0.25) is 5.02 Å². The van der Waals surface area contributed by atoms with Crippen molar-refractivity contribution in [1.29, 1.82) is 0 Å². The van der Waals surface area contributed by atoms with Crippen LogP contribution in [-0.2, 0) is 22.3 Å². The minimum absolute atomic E-state index is 0.0409. The molecule has 0 bridgehead atoms. The topological polar surface area (TPSA) is 67.5 Å². The Morgan fingerprint density at radius 1 is 1.14 bits per heavy atom. The SMILES string of the molecule is O=c1[nH]c2nccc(N(C3=COCO3)c3cccc(Cl)c3)c2c2c1CCCC2. The second-order valence-corrected chi connectivity index (χ2v) is 7.31. The van der Waals surface area contributed by atoms with Crippen molar-refractivity contribution < 1.29 is 9.47 Å². The molecule has 2 aromatic heterocycles. The number of anilines is 2. The number of nitrogens with zero attached hydrogens (tertiary/aromatic N) is 2. The van der Waals surface area contributed by atoms with Gasteiger partial charge in [0.15, 0.2) is 0 Å². The van der Waals surface area contributed by atoms with Crippen LogP contribution in [-0.4, -0.2) is 16.8 Å². The summed E-state index contributed by atoms with van der Waals surface area (Å²) >= 11 is 6.26. The summed E-state index contributed by atoms with van der Waals surface area (Å²) in [6.07, 6.45) is 7.00. The van der Waals surface area contributed by atoms with E-state index >= 15 is 0 Å². The lowest BCUT2D eigenvalue weighted by atomic mass is 9.90. The fraction of sp³-hybridized carbons (Fsp3) is 0.238. The second kappa shape index (κ2) is 6.87. The number of hydrogen-bond donors (Lipinski definition) is 1. The predicted octanol–water partition coefficient (Wildman–Crippen LogP) is 4.40. The van der Waals surface area contributed by atoms with Crippen molar-refractivity contribution in [2.75, 3.05) is 11.7 Å². The van der Waals surface area contributed by atoms with Crippen molar-refractivity contribution in [3.05, 3.63) is 75.2 Å². The van der Waals surface area contributed by atoms with Crippen LogP contribution >= 0.6 is 11.6 Å². The van der Waals surface area contributed by atoms with Crippen molar-refractivity contribution in [3.8, 4) is 0 Å². The van der Waals surface area contributed by atoms with Crippen LogP contribution in [0.3, 0.4) is 0 Å². The minimum atomic E-state index is -0.0409. The van der Waals surface area contributed by atoms with Gasteiger partial charge in [-0.25, -0.2) is 4.98 Å². The second-order valence-electron chi connectivity index (χ2n) is 6.87. The van der Waals surface area contributed by atoms with Gasteiger partial charge in [0.05, 0.1) is 11.4 Å². The summed E-state index contributed by atoms with van der Waals surface area (Å²) in [5, 5.41) is 1.56. The summed E-state index contributed by atoms with van der Waals surface area (Å²) in [5.41, 5.74) is 4.18. The Morgan fingerprint density at radius 3 is 2.79 bits per heavy atom. The number of benzene rings is 1. The van der Waals surface area contributed by atoms with Gasteiger partial charge in [-0.15, -0.1) is 0 Å². The molecule has 0 saturated carbocycles. The van der Waals surface area contributed by atoms with Gasteiger partial charge < -0.3 is 14.5 Å². The lowest BCUT2D eigenvalue weighted by Crippen LogP contribution is -2.22. The first-order valence-corrected chi connectivity index (χ1v) is 9.63. The minimum Gasteiger partial charge on any atom is -0.459 e. The Balaban J connectivity index is 1.81. The number of pyridine rings is 2. The summed E-state index contributed by atoms with van der Waals surface area (Å²) in [4.78, 5) is 21.9. The molecular formula is C21H18ClN3O3. The number of nitrogens with one attached hydrogen (secondary N) is 1. The number of rotatable bonds is 3. The average molecular weight is 396 g/mol. The van der Waals surface area contributed by atoms with Crippen LogP contribution in [0.15, 0.2) is 53.5 Å². The molecule has 7 heteroatoms. The number of H-pyrrole nitrogens is 1. The molecule has 0 fully saturated rings. The van der Waals surface area contributed by atoms with Gasteiger partial charge in [0.25, 0.3) is 5.56 Å². The first-order valence-electron chi connectivity index (χ1n) is 9.25. The highest BCUT2D eigenvalue weighted by atomic mass is 35.5. The largest absolute Gasteiger partial charge is 0.459 e. The molecule has 0 spiro atoms. The molecule has 1 aliphatic carbocycles. The molecule has 0 atom stereocenters. The first-order chi connectivity index (χ1) is 13.7. The molecule has 1 aromatic carbocycles. The maximum Gasteiger partial charge on any atom is 0.253 e. The number of ether oxygens (including phenoxy) is 2. The fourth-order valence-corrected chi connectivity index (χ4v) is 4.18. The summed E-state index contributed by atoms with van der Waals surface area (Å²) in [6.45, 7) is 0.157. The van der Waals surface area contributed by atoms with E-state index in [1.54, 1.807) is 12.5 Å². The van der Waals surface area contributed by atoms with E-state index in [0.717, 1.165) is 53.6 Å². The third kappa shape index (κ3) is 2.81. The highest BCUT2D eigenvalue weighted by molar-refractivity contribution is 6.30. The highest BCUT2D eigenvalue weighted by Crippen LogP contribution is 2.39. The Labute approximate surface area is 166 Å². The molecule has 142 valence electrons. The van der Waals surface area contributed by atoms with Crippen molar-refractivity contribution in [2.24, 2.45) is 0 Å². The summed E-state index contributed by atoms with van der Waals surface area (Å²) in [5.74, 6) is 0.561. The first kappa shape index (κ1) is 17.1. The van der Waals surface area contributed by atoms with Crippen molar-refractivity contribution in [1.82, 2.24) is 9.97 Å². The Morgan fingerprint density at radius 2 is 2.00 bits per heavy atom. The summed E-state index contributed by atoms with van der Waals surface area (Å²) in [7, 11) is 0. The van der Waals surface area contributed by atoms with E-state index in [0.29, 0.717) is 16.6 Å². The van der Waals surface area contributed by atoms with Crippen LogP contribution in [0, 0.1) is 0 Å². The molecule has 5 rings (SSSR count). The van der Waals surface area contributed by atoms with Gasteiger partial charge in [0.2, 0.25) is 12.7 Å². The summed E-state index contributed by atoms with van der Waals surface area (Å²) < 4.78 is 11.0. The number of halogens is 1. The molecule has 2 aliphatic rings. The zero-order valence-electron chi connectivity index (χ0n) is 15.1. The van der Waals surface area contributed by atoms with Crippen LogP contribution in [0.25, 0.3) is 11.0 Å². The molecule has 28 heavy (non-hydrogen) atoms. The van der Waals surface area contributed by atoms with E-state index < -0.39 is 0 Å². The molecular weight excluding hydrogens is 378 g/mol. The fourth-order valence-electron chi connectivity index (χ4n) is 4.00. The standard InChI is InChI=1S/C21H18ClN3O3/c22-13-4-3-5-14(10-13)25(18-11-27-12-28-18)17-8-9-23-20-19(17)15-6-1-2-7-16(15)21(26)24-20/h3-5,8-11H,1-2,6-7,12H2,(H,23,24,26). The Bertz CT molecular complexity index is 1160. The van der Waals surface area contributed by atoms with Crippen molar-refractivity contribution in [2.45, 2.75) is 25.7 Å². The highest BCUT2D eigenvalue weighted by Gasteiger charge is 2.26. The van der Waals surface area contributed by atoms with Crippen molar-refractivity contribution in [3.63, 3.8) is 0 Å². The smallest absolute Gasteiger partial charge is 0.253 e. The molecule has 0 radical (unpaired) electrons. The van der Waals surface area contributed by atoms with E-state index in [4.69, 9.17) is 21.1 Å². The van der Waals surface area contributed by atoms with Crippen LogP contribution in [0.4, 0.5) is 11.4 Å². The predicted molar refractivity (Wildman–Crippen MR) is 108 cm³/mol. The maximum absolute atomic E-state index is 12.5. The third-order valence-corrected chi connectivity index (χ3v) is 5.43. The number of hydrogen-bond acceptors (Lipinski definition) is 5. The monoisotopic (exact) mass is 395 g/mol. The van der Waals surface area contributed by atoms with Gasteiger partial charge in [0.1, 0.15) is 11.9 Å². The molecule has 0 saturated heterocycles. The normalized spacial score (nSPS) is 15.5. The number of aromatic nitrogens is 2. The lowest BCUT2D eigenvalue weighted by molar-refractivity contribution is 0.0798. The lowest BCUT2D eigenvalue weighted by Gasteiger charge is -2.27. The molecule has 6 nitrogen and oxygen atoms in total. The average Bonchev–Trinajstić information content (AvgIpc) is 3.23. The zero-order valence-corrected chi connectivity index (χ0v) is 15.8. The van der Waals surface area contributed by atoms with Crippen LogP contribution in [0.5, 0.6) is 0 Å². The number of aromatic amines is 1. The van der Waals surface area contributed by atoms with Gasteiger partial charge in [-0.3, -0.25) is 9.69 Å². The van der Waals surface area contributed by atoms with Crippen molar-refractivity contribution >= 4 is 34.0 Å². The van der Waals surface area contributed by atoms with Crippen LogP contribution < -0.4 is 10.5 Å². The molecule has 1 N–H and O–H groups in total. The van der Waals surface area contributed by atoms with Gasteiger partial charge in [-0.2, -0.15) is 0 Å². The quantitative estimate of drug-likeness (QED) is 0.712. The third-order valence-electron chi connectivity index (χ3n) is 5.19. The van der Waals surface area contributed by atoms with E-state index in [1.165, 1.54) is 0 Å². The Kier molecular flexibility index (Phi) is 4.20. The van der Waals surface area contributed by atoms with E-state index in [1.807, 2.05) is 35.2 Å². The number of fused-ring (bicyclic) bond motifs is 3. The van der Waals surface area contributed by atoms with Gasteiger partial charge in [-0.1, -0.05) is 17.7 Å². The molecule has 0 amide bonds. The van der Waals surface area contributed by atoms with Gasteiger partial charge >= 0.3 is 0 Å². The van der Waals surface area contributed by atoms with E-state index in [-0.39, 0.29) is 12.4 Å². The van der Waals surface area contributed by atoms with Gasteiger partial charge in [0, 0.05) is 22.2 Å².